The van der Waals surface area contributed by atoms with Crippen molar-refractivity contribution in [3.63, 3.8) is 0 Å². The lowest BCUT2D eigenvalue weighted by Crippen LogP contribution is -2.62. The molecule has 0 saturated carbocycles. The normalized spacial score (nSPS) is 15.3. The molecular weight excluding hydrogens is 1870 g/mol. The molecule has 20 atom stereocenters. The molecule has 0 aromatic carbocycles. The minimum absolute atomic E-state index is 0.0148. The molecule has 44 N–H and O–H groups in total. The Morgan fingerprint density at radius 3 is 0.893 bits per heavy atom. The highest BCUT2D eigenvalue weighted by Crippen LogP contribution is 2.15. The number of amides is 20. The van der Waals surface area contributed by atoms with E-state index in [1.807, 2.05) is 0 Å². The van der Waals surface area contributed by atoms with E-state index < -0.39 is 308 Å². The molecular formula is C82H150N32O25S. The standard InChI is InChI=1S/C82H150N32O25S/c1-12-39(6)60(79(139)107-48(21-14-16-28-84)72(132)113-58(37(2)3)77(137)101-44(11)66(126)112-59(38(4)5)78(138)111-53(33-115)74(134)100-43(10)64(124)108-52(32-57(119)120)73(133)102-46(61(87)121)22-17-29-94-80(88)89)114-76(136)55(35-117)109-65(125)41(8)97-62(122)40(7)98-69(129)51(25-26-56(86)118)106-70(130)47(20-13-15-27-83)104-71(131)50(24-19-31-96-82(92)93)103-63(123)42(9)99-68(128)49(23-18-30-95-81(90)91)105-75(135)54(34-116)110-67(127)45(85)36-140/h37-55,58-60,115-117,140H,12-36,83-85H2,1-11H3,(H2,86,118)(H2,87,121)(H,97,122)(H,98,129)(H,99,128)(H,100,134)(H,101,137)(H,102,133)(H,103,123)(H,104,131)(H,105,135)(H,106,130)(H,107,139)(H,108,124)(H,109,125)(H,110,127)(H,111,138)(H,112,126)(H,113,132)(H,114,136)(H,119,120)(H4,88,89,94)(H4,90,91,95)(H4,92,93,96)/t39-,40-,41-,42-,43-,44-,45-,46-,47-,48-,49-,50-,51-,52-,53-,54-,55-,58-,59-,60-/m0/s1. The number of primary amides is 2. The van der Waals surface area contributed by atoms with E-state index in [-0.39, 0.29) is 115 Å². The van der Waals surface area contributed by atoms with Crippen molar-refractivity contribution in [1.29, 1.82) is 16.2 Å². The number of hydrogen-bond donors (Lipinski definition) is 37. The number of aliphatic hydroxyl groups excluding tert-OH is 3. The van der Waals surface area contributed by atoms with E-state index in [0.717, 1.165) is 20.8 Å². The second-order valence-electron chi connectivity index (χ2n) is 34.0. The molecule has 0 bridgehead atoms. The summed E-state index contributed by atoms with van der Waals surface area (Å²) in [4.78, 5) is 285. The van der Waals surface area contributed by atoms with Gasteiger partial charge in [0.25, 0.3) is 0 Å². The summed E-state index contributed by atoms with van der Waals surface area (Å²) in [7, 11) is 0. The van der Waals surface area contributed by atoms with Gasteiger partial charge in [0, 0.05) is 31.8 Å². The van der Waals surface area contributed by atoms with E-state index in [1.165, 1.54) is 27.7 Å². The number of aliphatic hydroxyl groups is 3. The first-order valence-electron chi connectivity index (χ1n) is 45.7. The lowest BCUT2D eigenvalue weighted by atomic mass is 9.96. The number of carboxylic acid groups (broad SMARTS) is 1. The summed E-state index contributed by atoms with van der Waals surface area (Å²) in [6.45, 7) is 12.4. The molecule has 0 unspecified atom stereocenters. The second-order valence-corrected chi connectivity index (χ2v) is 34.3. The molecule has 0 aromatic rings. The van der Waals surface area contributed by atoms with Gasteiger partial charge in [-0.3, -0.25) is 117 Å². The number of nitrogens with two attached hydrogens (primary N) is 8. The summed E-state index contributed by atoms with van der Waals surface area (Å²) in [5, 5.41) is 113. The summed E-state index contributed by atoms with van der Waals surface area (Å²) in [5.41, 5.74) is 44.3. The lowest BCUT2D eigenvalue weighted by Gasteiger charge is -2.30. The van der Waals surface area contributed by atoms with Crippen LogP contribution in [-0.4, -0.2) is 336 Å². The third-order valence-corrected chi connectivity index (χ3v) is 21.8. The minimum atomic E-state index is -1.83. The number of nitrogens with one attached hydrogen (secondary N) is 24. The molecule has 0 spiro atoms. The minimum Gasteiger partial charge on any atom is -0.481 e. The van der Waals surface area contributed by atoms with Gasteiger partial charge in [-0.25, -0.2) is 0 Å². The van der Waals surface area contributed by atoms with Gasteiger partial charge in [0.15, 0.2) is 17.9 Å². The van der Waals surface area contributed by atoms with Gasteiger partial charge in [0.1, 0.15) is 109 Å². The molecule has 794 valence electrons. The van der Waals surface area contributed by atoms with Crippen LogP contribution in [-0.2, 0) is 101 Å². The molecule has 20 amide bonds. The van der Waals surface area contributed by atoms with Gasteiger partial charge in [0.2, 0.25) is 118 Å². The van der Waals surface area contributed by atoms with Gasteiger partial charge >= 0.3 is 5.97 Å². The first-order chi connectivity index (χ1) is 65.6. The highest BCUT2D eigenvalue weighted by molar-refractivity contribution is 7.80. The summed E-state index contributed by atoms with van der Waals surface area (Å²) in [6.07, 6.45) is -1.24. The maximum absolute atomic E-state index is 14.4. The summed E-state index contributed by atoms with van der Waals surface area (Å²) in [5.74, 6) is -25.6. The Hall–Kier alpha value is -13.2. The Kier molecular flexibility index (Phi) is 60.8. The average molecular weight is 2020 g/mol. The molecule has 57 nitrogen and oxygen atoms in total. The molecule has 0 aromatic heterocycles. The Morgan fingerprint density at radius 1 is 0.300 bits per heavy atom. The average Bonchev–Trinajstić information content (AvgIpc) is 0.893. The molecule has 0 aliphatic rings. The van der Waals surface area contributed by atoms with Crippen molar-refractivity contribution in [1.82, 2.24) is 112 Å². The Balaban J connectivity index is 6.65. The largest absolute Gasteiger partial charge is 0.481 e. The third-order valence-electron chi connectivity index (χ3n) is 21.4. The number of thiol groups is 1. The van der Waals surface area contributed by atoms with Crippen molar-refractivity contribution in [3.8, 4) is 0 Å². The van der Waals surface area contributed by atoms with Crippen LogP contribution in [0.3, 0.4) is 0 Å². The number of carbonyl (C=O) groups excluding carboxylic acids is 20. The van der Waals surface area contributed by atoms with E-state index in [2.05, 4.69) is 124 Å². The maximum atomic E-state index is 14.4. The summed E-state index contributed by atoms with van der Waals surface area (Å²) in [6, 6.07) is -29.3. The van der Waals surface area contributed by atoms with Gasteiger partial charge in [-0.15, -0.1) is 0 Å². The summed E-state index contributed by atoms with van der Waals surface area (Å²) < 4.78 is 0. The zero-order valence-electron chi connectivity index (χ0n) is 80.8. The van der Waals surface area contributed by atoms with Crippen LogP contribution >= 0.6 is 12.6 Å². The number of carbonyl (C=O) groups is 21. The fourth-order valence-electron chi connectivity index (χ4n) is 12.8. The van der Waals surface area contributed by atoms with Crippen molar-refractivity contribution < 1.29 is 121 Å². The van der Waals surface area contributed by atoms with E-state index in [4.69, 9.17) is 62.1 Å². The predicted molar refractivity (Wildman–Crippen MR) is 508 cm³/mol. The molecule has 58 heteroatoms. The van der Waals surface area contributed by atoms with Gasteiger partial charge in [0.05, 0.1) is 32.3 Å². The first-order valence-corrected chi connectivity index (χ1v) is 46.3. The van der Waals surface area contributed by atoms with E-state index in [1.54, 1.807) is 27.7 Å². The van der Waals surface area contributed by atoms with E-state index >= 15 is 0 Å². The molecule has 0 radical (unpaired) electrons. The topological polar surface area (TPSA) is 972 Å². The van der Waals surface area contributed by atoms with Crippen LogP contribution in [0.4, 0.5) is 0 Å². The number of guanidine groups is 3. The van der Waals surface area contributed by atoms with Gasteiger partial charge in [-0.05, 0) is 149 Å². The molecule has 0 saturated heterocycles. The number of unbranched alkanes of at least 4 members (excludes halogenated alkanes) is 2. The van der Waals surface area contributed by atoms with Crippen molar-refractivity contribution >= 4 is 155 Å². The van der Waals surface area contributed by atoms with Crippen molar-refractivity contribution in [2.24, 2.45) is 63.6 Å². The lowest BCUT2D eigenvalue weighted by molar-refractivity contribution is -0.141. The van der Waals surface area contributed by atoms with E-state index in [0.29, 0.717) is 12.8 Å². The third kappa shape index (κ3) is 49.4. The van der Waals surface area contributed by atoms with Crippen LogP contribution in [0.2, 0.25) is 0 Å². The summed E-state index contributed by atoms with van der Waals surface area (Å²) >= 11 is 3.96. The van der Waals surface area contributed by atoms with Crippen LogP contribution in [0.5, 0.6) is 0 Å². The van der Waals surface area contributed by atoms with Crippen molar-refractivity contribution in [2.75, 3.05) is 58.3 Å². The fraction of sp³-hybridized carbons (Fsp3) is 0.707. The molecule has 0 aliphatic heterocycles. The second kappa shape index (κ2) is 67.2. The first kappa shape index (κ1) is 127. The SMILES string of the molecule is CC[C@H](C)[C@H](NC(=O)[C@H](CO)NC(=O)[C@H](C)NC(=O)[C@H](C)NC(=O)[C@H](CCC(N)=O)NC(=O)[C@H](CCCCN)NC(=O)[C@H](CCCNC(=N)N)NC(=O)[C@H](C)NC(=O)[C@H](CCCNC(=N)N)NC(=O)[C@H](CO)NC(=O)[C@@H](N)CS)C(=O)N[C@@H](CCCCN)C(=O)N[C@H](C(=O)N[C@@H](C)C(=O)N[C@H](C(=O)N[C@@H](CO)C(=O)N[C@@H](C)C(=O)N[C@@H](CC(=O)O)C(=O)N[C@@H](CCCNC(=N)N)C(N)=O)C(C)C)C(C)C. The molecule has 0 heterocycles. The van der Waals surface area contributed by atoms with Crippen LogP contribution in [0.25, 0.3) is 0 Å². The van der Waals surface area contributed by atoms with Crippen LogP contribution in [0.15, 0.2) is 0 Å². The Labute approximate surface area is 815 Å². The van der Waals surface area contributed by atoms with Crippen molar-refractivity contribution in [3.05, 3.63) is 0 Å². The number of hydrogen-bond acceptors (Lipinski definition) is 31. The number of carboxylic acids is 1. The van der Waals surface area contributed by atoms with Gasteiger partial charge in [-0.1, -0.05) is 48.0 Å². The molecule has 0 aliphatic carbocycles. The van der Waals surface area contributed by atoms with Gasteiger partial charge < -0.3 is 178 Å². The smallest absolute Gasteiger partial charge is 0.305 e. The molecule has 0 rings (SSSR count). The maximum Gasteiger partial charge on any atom is 0.305 e. The van der Waals surface area contributed by atoms with E-state index in [9.17, 15) is 121 Å². The zero-order chi connectivity index (χ0) is 107. The predicted octanol–water partition coefficient (Wildman–Crippen LogP) is -14.3. The van der Waals surface area contributed by atoms with Crippen molar-refractivity contribution in [2.45, 2.75) is 294 Å². The highest BCUT2D eigenvalue weighted by atomic mass is 32.1. The van der Waals surface area contributed by atoms with Crippen LogP contribution in [0.1, 0.15) is 179 Å². The molecule has 140 heavy (non-hydrogen) atoms. The van der Waals surface area contributed by atoms with Crippen LogP contribution in [0, 0.1) is 34.0 Å². The fourth-order valence-corrected chi connectivity index (χ4v) is 13.0. The number of rotatable bonds is 70. The Morgan fingerprint density at radius 2 is 0.543 bits per heavy atom. The van der Waals surface area contributed by atoms with Crippen LogP contribution < -0.4 is 158 Å². The highest BCUT2D eigenvalue weighted by Gasteiger charge is 2.40. The molecule has 0 fully saturated rings. The monoisotopic (exact) mass is 2020 g/mol. The number of aliphatic carboxylic acids is 1. The zero-order valence-corrected chi connectivity index (χ0v) is 81.7. The Bertz CT molecular complexity index is 4200. The van der Waals surface area contributed by atoms with Gasteiger partial charge in [-0.2, -0.15) is 12.6 Å². The quantitative estimate of drug-likeness (QED) is 0.0116.